The Morgan fingerprint density at radius 3 is 2.33 bits per heavy atom. The Balaban J connectivity index is 1.67. The molecule has 6 nitrogen and oxygen atoms in total. The summed E-state index contributed by atoms with van der Waals surface area (Å²) in [5.74, 6) is -0.232. The Kier molecular flexibility index (Phi) is 10.1. The first-order valence-corrected chi connectivity index (χ1v) is 14.0. The van der Waals surface area contributed by atoms with Crippen molar-refractivity contribution in [2.45, 2.75) is 45.3 Å². The summed E-state index contributed by atoms with van der Waals surface area (Å²) in [4.78, 5) is 29.5. The number of carbonyl (C=O) groups excluding carboxylic acids is 2. The maximum atomic E-state index is 13.9. The Bertz CT molecular complexity index is 1320. The lowest BCUT2D eigenvalue weighted by atomic mass is 9.88. The number of methoxy groups -OCH3 is 2. The van der Waals surface area contributed by atoms with E-state index >= 15 is 0 Å². The maximum absolute atomic E-state index is 13.9. The molecule has 3 aromatic carbocycles. The molecular weight excluding hydrogens is 500 g/mol. The van der Waals surface area contributed by atoms with E-state index in [0.29, 0.717) is 13.2 Å². The zero-order chi connectivity index (χ0) is 28.5. The smallest absolute Gasteiger partial charge is 0.330 e. The molecule has 0 aromatic heterocycles. The Hall–Kier alpha value is -3.90. The number of amides is 1. The van der Waals surface area contributed by atoms with Gasteiger partial charge in [0, 0.05) is 44.6 Å². The van der Waals surface area contributed by atoms with Crippen molar-refractivity contribution in [1.29, 1.82) is 0 Å². The van der Waals surface area contributed by atoms with Crippen LogP contribution in [0.25, 0.3) is 17.2 Å². The molecule has 0 bridgehead atoms. The first-order chi connectivity index (χ1) is 19.4. The minimum atomic E-state index is -0.414. The average molecular weight is 541 g/mol. The number of benzene rings is 3. The van der Waals surface area contributed by atoms with Crippen LogP contribution in [0.15, 0.2) is 72.8 Å². The third kappa shape index (κ3) is 7.39. The second-order valence-electron chi connectivity index (χ2n) is 10.6. The van der Waals surface area contributed by atoms with E-state index in [1.807, 2.05) is 43.3 Å². The number of esters is 1. The van der Waals surface area contributed by atoms with Gasteiger partial charge in [0.05, 0.1) is 20.3 Å². The highest BCUT2D eigenvalue weighted by molar-refractivity contribution is 5.95. The van der Waals surface area contributed by atoms with Gasteiger partial charge < -0.3 is 19.3 Å². The summed E-state index contributed by atoms with van der Waals surface area (Å²) in [7, 11) is 7.13. The number of anilines is 2. The van der Waals surface area contributed by atoms with E-state index in [1.165, 1.54) is 19.6 Å². The minimum absolute atomic E-state index is 0.0240. The first-order valence-electron chi connectivity index (χ1n) is 14.0. The zero-order valence-electron chi connectivity index (χ0n) is 24.1. The second-order valence-corrected chi connectivity index (χ2v) is 10.6. The number of hydrogen-bond donors (Lipinski definition) is 0. The number of ether oxygens (including phenoxy) is 2. The van der Waals surface area contributed by atoms with Crippen LogP contribution in [-0.4, -0.2) is 40.2 Å². The molecule has 0 N–H and O–H groups in total. The topological polar surface area (TPSA) is 59.1 Å². The van der Waals surface area contributed by atoms with Crippen molar-refractivity contribution in [3.63, 3.8) is 0 Å². The van der Waals surface area contributed by atoms with Crippen molar-refractivity contribution in [3.05, 3.63) is 89.5 Å². The van der Waals surface area contributed by atoms with Crippen LogP contribution in [0.4, 0.5) is 11.4 Å². The van der Waals surface area contributed by atoms with E-state index in [0.717, 1.165) is 64.9 Å². The fourth-order valence-corrected chi connectivity index (χ4v) is 5.32. The zero-order valence-corrected chi connectivity index (χ0v) is 24.1. The molecule has 40 heavy (non-hydrogen) atoms. The molecule has 0 saturated heterocycles. The van der Waals surface area contributed by atoms with Gasteiger partial charge in [-0.3, -0.25) is 4.79 Å². The number of hydrogen-bond acceptors (Lipinski definition) is 5. The molecular formula is C34H40N2O4. The second kappa shape index (κ2) is 13.9. The molecule has 0 unspecified atom stereocenters. The van der Waals surface area contributed by atoms with Crippen molar-refractivity contribution in [2.24, 2.45) is 5.92 Å². The van der Waals surface area contributed by atoms with E-state index in [1.54, 1.807) is 13.2 Å². The van der Waals surface area contributed by atoms with E-state index in [-0.39, 0.29) is 11.8 Å². The Morgan fingerprint density at radius 2 is 1.65 bits per heavy atom. The van der Waals surface area contributed by atoms with Gasteiger partial charge in [0.2, 0.25) is 5.91 Å². The predicted octanol–water partition coefficient (Wildman–Crippen LogP) is 6.87. The average Bonchev–Trinajstić information content (AvgIpc) is 2.99. The van der Waals surface area contributed by atoms with Crippen molar-refractivity contribution in [1.82, 2.24) is 0 Å². The molecule has 1 fully saturated rings. The van der Waals surface area contributed by atoms with Crippen LogP contribution in [0, 0.1) is 5.92 Å². The molecule has 3 aromatic rings. The third-order valence-electron chi connectivity index (χ3n) is 7.52. The van der Waals surface area contributed by atoms with E-state index in [4.69, 9.17) is 9.47 Å². The van der Waals surface area contributed by atoms with Crippen molar-refractivity contribution >= 4 is 29.3 Å². The van der Waals surface area contributed by atoms with E-state index in [2.05, 4.69) is 47.4 Å². The molecule has 1 aliphatic carbocycles. The van der Waals surface area contributed by atoms with Crippen LogP contribution in [0.2, 0.25) is 0 Å². The largest absolute Gasteiger partial charge is 0.466 e. The van der Waals surface area contributed by atoms with Gasteiger partial charge in [-0.2, -0.15) is 0 Å². The quantitative estimate of drug-likeness (QED) is 0.208. The number of nitrogens with zero attached hydrogens (tertiary/aromatic N) is 2. The van der Waals surface area contributed by atoms with Gasteiger partial charge in [0.15, 0.2) is 0 Å². The van der Waals surface area contributed by atoms with Gasteiger partial charge in [-0.05, 0) is 71.0 Å². The summed E-state index contributed by atoms with van der Waals surface area (Å²) >= 11 is 0. The molecule has 0 heterocycles. The van der Waals surface area contributed by atoms with Crippen molar-refractivity contribution in [2.75, 3.05) is 38.1 Å². The van der Waals surface area contributed by atoms with Gasteiger partial charge >= 0.3 is 5.97 Å². The fourth-order valence-electron chi connectivity index (χ4n) is 5.32. The molecule has 1 amide bonds. The standard InChI is InChI=1S/C34H40N2O4/c1-35(2)30-17-15-27(16-18-30)32-19-13-26(21-29(32)24-39-3)23-36(34(38)28-10-6-5-7-11-28)31-12-8-9-25(22-31)14-20-33(37)40-4/h8-9,12-22,28H,5-7,10-11,23-24H2,1-4H3/b20-14+. The van der Waals surface area contributed by atoms with Crippen LogP contribution < -0.4 is 9.80 Å². The lowest BCUT2D eigenvalue weighted by Gasteiger charge is -2.30. The molecule has 4 rings (SSSR count). The third-order valence-corrected chi connectivity index (χ3v) is 7.52. The lowest BCUT2D eigenvalue weighted by molar-refractivity contribution is -0.134. The van der Waals surface area contributed by atoms with Crippen LogP contribution >= 0.6 is 0 Å². The fraction of sp³-hybridized carbons (Fsp3) is 0.353. The van der Waals surface area contributed by atoms with Gasteiger partial charge in [0.1, 0.15) is 0 Å². The summed E-state index contributed by atoms with van der Waals surface area (Å²) in [6.07, 6.45) is 8.33. The van der Waals surface area contributed by atoms with Gasteiger partial charge in [-0.1, -0.05) is 61.7 Å². The van der Waals surface area contributed by atoms with Crippen LogP contribution in [0.3, 0.4) is 0 Å². The van der Waals surface area contributed by atoms with E-state index in [9.17, 15) is 9.59 Å². The van der Waals surface area contributed by atoms with Crippen molar-refractivity contribution in [3.8, 4) is 11.1 Å². The van der Waals surface area contributed by atoms with Gasteiger partial charge in [-0.25, -0.2) is 4.79 Å². The highest BCUT2D eigenvalue weighted by Crippen LogP contribution is 2.31. The highest BCUT2D eigenvalue weighted by Gasteiger charge is 2.27. The molecule has 0 aliphatic heterocycles. The molecule has 1 aliphatic rings. The Labute approximate surface area is 238 Å². The first kappa shape index (κ1) is 29.1. The molecule has 0 spiro atoms. The summed E-state index contributed by atoms with van der Waals surface area (Å²) in [6, 6.07) is 22.7. The Morgan fingerprint density at radius 1 is 0.900 bits per heavy atom. The number of carbonyl (C=O) groups is 2. The molecule has 0 radical (unpaired) electrons. The van der Waals surface area contributed by atoms with Crippen LogP contribution in [0.5, 0.6) is 0 Å². The summed E-state index contributed by atoms with van der Waals surface area (Å²) in [5.41, 5.74) is 7.17. The normalized spacial score (nSPS) is 13.8. The van der Waals surface area contributed by atoms with Gasteiger partial charge in [-0.15, -0.1) is 0 Å². The molecule has 0 atom stereocenters. The maximum Gasteiger partial charge on any atom is 0.330 e. The number of rotatable bonds is 10. The summed E-state index contributed by atoms with van der Waals surface area (Å²) in [6.45, 7) is 0.930. The summed E-state index contributed by atoms with van der Waals surface area (Å²) < 4.78 is 10.3. The highest BCUT2D eigenvalue weighted by atomic mass is 16.5. The minimum Gasteiger partial charge on any atom is -0.466 e. The molecule has 1 saturated carbocycles. The van der Waals surface area contributed by atoms with Gasteiger partial charge in [0.25, 0.3) is 0 Å². The molecule has 6 heteroatoms. The van der Waals surface area contributed by atoms with E-state index < -0.39 is 5.97 Å². The van der Waals surface area contributed by atoms with Crippen molar-refractivity contribution < 1.29 is 19.1 Å². The molecule has 210 valence electrons. The monoisotopic (exact) mass is 540 g/mol. The SMILES string of the molecule is COCc1cc(CN(C(=O)C2CCCCC2)c2cccc(/C=C/C(=O)OC)c2)ccc1-c1ccc(N(C)C)cc1. The lowest BCUT2D eigenvalue weighted by Crippen LogP contribution is -2.36. The predicted molar refractivity (Wildman–Crippen MR) is 162 cm³/mol. The summed E-state index contributed by atoms with van der Waals surface area (Å²) in [5, 5.41) is 0. The van der Waals surface area contributed by atoms with Crippen LogP contribution in [0.1, 0.15) is 48.8 Å². The van der Waals surface area contributed by atoms with Crippen LogP contribution in [-0.2, 0) is 32.2 Å².